The topological polar surface area (TPSA) is 59.1 Å². The van der Waals surface area contributed by atoms with E-state index in [4.69, 9.17) is 21.1 Å². The molecule has 0 atom stereocenters. The number of para-hydroxylation sites is 2. The van der Waals surface area contributed by atoms with E-state index < -0.39 is 5.97 Å². The maximum absolute atomic E-state index is 12.4. The average molecular weight is 415 g/mol. The van der Waals surface area contributed by atoms with Crippen LogP contribution in [-0.4, -0.2) is 56.7 Å². The Balaban J connectivity index is 1.46. The summed E-state index contributed by atoms with van der Waals surface area (Å²) in [6, 6.07) is 15.0. The number of ether oxygens (including phenoxy) is 2. The number of esters is 1. The minimum absolute atomic E-state index is 0.204. The van der Waals surface area contributed by atoms with Gasteiger partial charge in [-0.1, -0.05) is 41.9 Å². The minimum atomic E-state index is -0.578. The molecule has 0 aromatic heterocycles. The van der Waals surface area contributed by atoms with Crippen molar-refractivity contribution in [2.24, 2.45) is 0 Å². The van der Waals surface area contributed by atoms with E-state index in [-0.39, 0.29) is 12.5 Å². The highest BCUT2D eigenvalue weighted by Crippen LogP contribution is 2.28. The lowest BCUT2D eigenvalue weighted by Crippen LogP contribution is -2.50. The number of piperazine rings is 1. The fourth-order valence-electron chi connectivity index (χ4n) is 3.13. The van der Waals surface area contributed by atoms with E-state index in [0.29, 0.717) is 36.8 Å². The molecule has 0 unspecified atom stereocenters. The Morgan fingerprint density at radius 2 is 1.72 bits per heavy atom. The van der Waals surface area contributed by atoms with Crippen molar-refractivity contribution in [2.75, 3.05) is 44.8 Å². The number of benzene rings is 2. The predicted molar refractivity (Wildman–Crippen MR) is 113 cm³/mol. The second kappa shape index (κ2) is 9.98. The molecule has 1 saturated heterocycles. The molecule has 7 heteroatoms. The zero-order valence-electron chi connectivity index (χ0n) is 16.2. The van der Waals surface area contributed by atoms with Crippen molar-refractivity contribution >= 4 is 35.2 Å². The van der Waals surface area contributed by atoms with Gasteiger partial charge in [-0.15, -0.1) is 0 Å². The molecular weight excluding hydrogens is 392 g/mol. The maximum atomic E-state index is 12.4. The number of amides is 1. The lowest BCUT2D eigenvalue weighted by atomic mass is 10.2. The van der Waals surface area contributed by atoms with Gasteiger partial charge < -0.3 is 19.3 Å². The summed E-state index contributed by atoms with van der Waals surface area (Å²) in [6.45, 7) is 2.22. The molecule has 1 heterocycles. The fourth-order valence-corrected chi connectivity index (χ4v) is 3.33. The zero-order valence-corrected chi connectivity index (χ0v) is 17.0. The van der Waals surface area contributed by atoms with Crippen LogP contribution in [0.1, 0.15) is 5.56 Å². The van der Waals surface area contributed by atoms with E-state index in [1.54, 1.807) is 30.2 Å². The van der Waals surface area contributed by atoms with Gasteiger partial charge >= 0.3 is 5.97 Å². The van der Waals surface area contributed by atoms with Crippen molar-refractivity contribution in [3.05, 3.63) is 65.2 Å². The first kappa shape index (κ1) is 20.7. The van der Waals surface area contributed by atoms with E-state index in [1.165, 1.54) is 6.08 Å². The number of nitrogens with zero attached hydrogens (tertiary/aromatic N) is 2. The number of rotatable bonds is 6. The molecule has 0 N–H and O–H groups in total. The van der Waals surface area contributed by atoms with Crippen LogP contribution in [0.2, 0.25) is 5.02 Å². The lowest BCUT2D eigenvalue weighted by molar-refractivity contribution is -0.148. The van der Waals surface area contributed by atoms with E-state index in [9.17, 15) is 9.59 Å². The first-order chi connectivity index (χ1) is 14.1. The van der Waals surface area contributed by atoms with Crippen molar-refractivity contribution in [3.63, 3.8) is 0 Å². The molecule has 3 rings (SSSR count). The highest BCUT2D eigenvalue weighted by Gasteiger charge is 2.23. The molecule has 0 saturated carbocycles. The largest absolute Gasteiger partial charge is 0.495 e. The van der Waals surface area contributed by atoms with Gasteiger partial charge in [-0.05, 0) is 29.8 Å². The number of halogens is 1. The normalized spacial score (nSPS) is 14.1. The standard InChI is InChI=1S/C22H23ClN2O4/c1-28-20-9-5-4-8-19(20)24-12-14-25(15-13-24)21(26)16-29-22(27)11-10-17-6-2-3-7-18(17)23/h2-11H,12-16H2,1H3/b11-10+. The van der Waals surface area contributed by atoms with Gasteiger partial charge in [0.15, 0.2) is 6.61 Å². The van der Waals surface area contributed by atoms with Crippen LogP contribution in [0.3, 0.4) is 0 Å². The summed E-state index contributed by atoms with van der Waals surface area (Å²) in [6.07, 6.45) is 2.84. The molecule has 0 bridgehead atoms. The minimum Gasteiger partial charge on any atom is -0.495 e. The van der Waals surface area contributed by atoms with Crippen molar-refractivity contribution in [1.82, 2.24) is 4.90 Å². The summed E-state index contributed by atoms with van der Waals surface area (Å²) >= 11 is 6.04. The first-order valence-electron chi connectivity index (χ1n) is 9.33. The molecule has 1 aliphatic heterocycles. The van der Waals surface area contributed by atoms with Crippen LogP contribution < -0.4 is 9.64 Å². The second-order valence-corrected chi connectivity index (χ2v) is 6.91. The second-order valence-electron chi connectivity index (χ2n) is 6.50. The molecule has 0 radical (unpaired) electrons. The molecule has 0 aliphatic carbocycles. The van der Waals surface area contributed by atoms with Gasteiger partial charge in [-0.25, -0.2) is 4.79 Å². The van der Waals surface area contributed by atoms with Crippen LogP contribution in [0.5, 0.6) is 5.75 Å². The van der Waals surface area contributed by atoms with E-state index >= 15 is 0 Å². The first-order valence-corrected chi connectivity index (χ1v) is 9.71. The Kier molecular flexibility index (Phi) is 7.14. The van der Waals surface area contributed by atoms with Crippen molar-refractivity contribution in [3.8, 4) is 5.75 Å². The summed E-state index contributed by atoms with van der Waals surface area (Å²) in [4.78, 5) is 28.1. The quantitative estimate of drug-likeness (QED) is 0.536. The summed E-state index contributed by atoms with van der Waals surface area (Å²) in [7, 11) is 1.65. The van der Waals surface area contributed by atoms with E-state index in [1.807, 2.05) is 36.4 Å². The fraction of sp³-hybridized carbons (Fsp3) is 0.273. The van der Waals surface area contributed by atoms with Crippen LogP contribution in [0, 0.1) is 0 Å². The average Bonchev–Trinajstić information content (AvgIpc) is 2.77. The molecule has 1 fully saturated rings. The third kappa shape index (κ3) is 5.51. The molecule has 152 valence electrons. The SMILES string of the molecule is COc1ccccc1N1CCN(C(=O)COC(=O)/C=C/c2ccccc2Cl)CC1. The van der Waals surface area contributed by atoms with Gasteiger partial charge in [0, 0.05) is 37.3 Å². The highest BCUT2D eigenvalue weighted by molar-refractivity contribution is 6.32. The van der Waals surface area contributed by atoms with Gasteiger partial charge in [0.1, 0.15) is 5.75 Å². The van der Waals surface area contributed by atoms with Crippen molar-refractivity contribution in [2.45, 2.75) is 0 Å². The highest BCUT2D eigenvalue weighted by atomic mass is 35.5. The Labute approximate surface area is 175 Å². The van der Waals surface area contributed by atoms with Crippen molar-refractivity contribution in [1.29, 1.82) is 0 Å². The number of hydrogen-bond acceptors (Lipinski definition) is 5. The third-order valence-electron chi connectivity index (χ3n) is 4.70. The van der Waals surface area contributed by atoms with Crippen molar-refractivity contribution < 1.29 is 19.1 Å². The zero-order chi connectivity index (χ0) is 20.6. The molecule has 2 aromatic carbocycles. The molecule has 2 aromatic rings. The Morgan fingerprint density at radius 3 is 2.45 bits per heavy atom. The van der Waals surface area contributed by atoms with Crippen LogP contribution in [0.15, 0.2) is 54.6 Å². The molecule has 6 nitrogen and oxygen atoms in total. The number of carbonyl (C=O) groups is 2. The smallest absolute Gasteiger partial charge is 0.331 e. The van der Waals surface area contributed by atoms with Crippen LogP contribution >= 0.6 is 11.6 Å². The summed E-state index contributed by atoms with van der Waals surface area (Å²) < 4.78 is 10.5. The van der Waals surface area contributed by atoms with Gasteiger partial charge in [-0.3, -0.25) is 4.79 Å². The Hall–Kier alpha value is -2.99. The lowest BCUT2D eigenvalue weighted by Gasteiger charge is -2.36. The summed E-state index contributed by atoms with van der Waals surface area (Å²) in [5, 5.41) is 0.542. The Bertz CT molecular complexity index is 892. The number of methoxy groups -OCH3 is 1. The molecule has 29 heavy (non-hydrogen) atoms. The molecule has 1 amide bonds. The number of anilines is 1. The van der Waals surface area contributed by atoms with Gasteiger partial charge in [0.05, 0.1) is 12.8 Å². The molecule has 1 aliphatic rings. The monoisotopic (exact) mass is 414 g/mol. The van der Waals surface area contributed by atoms with Crippen LogP contribution in [0.4, 0.5) is 5.69 Å². The number of hydrogen-bond donors (Lipinski definition) is 0. The van der Waals surface area contributed by atoms with E-state index in [0.717, 1.165) is 11.4 Å². The van der Waals surface area contributed by atoms with Crippen LogP contribution in [-0.2, 0) is 14.3 Å². The summed E-state index contributed by atoms with van der Waals surface area (Å²) in [5.74, 6) is 0.0293. The molecule has 0 spiro atoms. The van der Waals surface area contributed by atoms with Crippen LogP contribution in [0.25, 0.3) is 6.08 Å². The Morgan fingerprint density at radius 1 is 1.03 bits per heavy atom. The van der Waals surface area contributed by atoms with E-state index in [2.05, 4.69) is 4.90 Å². The third-order valence-corrected chi connectivity index (χ3v) is 5.04. The predicted octanol–water partition coefficient (Wildman–Crippen LogP) is 3.25. The number of carbonyl (C=O) groups excluding carboxylic acids is 2. The summed E-state index contributed by atoms with van der Waals surface area (Å²) in [5.41, 5.74) is 1.73. The molecular formula is C22H23ClN2O4. The van der Waals surface area contributed by atoms with Gasteiger partial charge in [0.25, 0.3) is 5.91 Å². The van der Waals surface area contributed by atoms with Gasteiger partial charge in [-0.2, -0.15) is 0 Å². The maximum Gasteiger partial charge on any atom is 0.331 e. The van der Waals surface area contributed by atoms with Gasteiger partial charge in [0.2, 0.25) is 0 Å².